The number of halogens is 4. The zero-order chi connectivity index (χ0) is 20.4. The van der Waals surface area contributed by atoms with Gasteiger partial charge in [0.1, 0.15) is 5.60 Å². The summed E-state index contributed by atoms with van der Waals surface area (Å²) >= 11 is 2.84. The van der Waals surface area contributed by atoms with Gasteiger partial charge in [0.05, 0.1) is 10.6 Å². The van der Waals surface area contributed by atoms with Crippen LogP contribution in [0.2, 0.25) is 0 Å². The molecule has 2 aliphatic heterocycles. The number of nitrogens with zero attached hydrogens (tertiary/aromatic N) is 1. The van der Waals surface area contributed by atoms with Gasteiger partial charge in [-0.15, -0.1) is 0 Å². The largest absolute Gasteiger partial charge is 0.426 e. The molecule has 2 aromatic carbocycles. The molecule has 0 radical (unpaired) electrons. The molecule has 1 fully saturated rings. The number of alkyl halides is 4. The molecule has 0 aliphatic carbocycles. The predicted molar refractivity (Wildman–Crippen MR) is 102 cm³/mol. The highest BCUT2D eigenvalue weighted by Gasteiger charge is 2.77. The number of aryl methyl sites for hydroxylation is 1. The maximum atomic E-state index is 14.5. The lowest BCUT2D eigenvalue weighted by molar-refractivity contribution is -0.202. The average Bonchev–Trinajstić information content (AvgIpc) is 3.20. The molecule has 1 spiro atoms. The van der Waals surface area contributed by atoms with Crippen LogP contribution in [0.15, 0.2) is 53.4 Å². The van der Waals surface area contributed by atoms with E-state index < -0.39 is 26.2 Å². The summed E-state index contributed by atoms with van der Waals surface area (Å²) in [6, 6.07) is 11.8. The number of anilines is 1. The minimum atomic E-state index is -4.94. The third-order valence-corrected chi connectivity index (χ3v) is 8.83. The van der Waals surface area contributed by atoms with Gasteiger partial charge in [0.25, 0.3) is 10.0 Å². The summed E-state index contributed by atoms with van der Waals surface area (Å²) in [5.41, 5.74) is -0.853. The highest BCUT2D eigenvalue weighted by atomic mass is 79.9. The smallest absolute Gasteiger partial charge is 0.366 e. The molecule has 1 saturated heterocycles. The molecule has 2 unspecified atom stereocenters. The summed E-state index contributed by atoms with van der Waals surface area (Å²) in [6.45, 7) is 1.89. The number of benzene rings is 2. The Kier molecular flexibility index (Phi) is 4.37. The molecule has 28 heavy (non-hydrogen) atoms. The zero-order valence-corrected chi connectivity index (χ0v) is 17.2. The van der Waals surface area contributed by atoms with Crippen LogP contribution in [0.1, 0.15) is 24.0 Å². The minimum absolute atomic E-state index is 0.0285. The van der Waals surface area contributed by atoms with Crippen molar-refractivity contribution in [2.24, 2.45) is 0 Å². The first-order valence-corrected chi connectivity index (χ1v) is 10.9. The maximum absolute atomic E-state index is 14.5. The van der Waals surface area contributed by atoms with E-state index in [0.717, 1.165) is 5.56 Å². The second-order valence-electron chi connectivity index (χ2n) is 7.00. The molecule has 2 atom stereocenters. The lowest BCUT2D eigenvalue weighted by Gasteiger charge is -2.44. The molecule has 0 saturated carbocycles. The van der Waals surface area contributed by atoms with E-state index in [-0.39, 0.29) is 29.2 Å². The molecule has 9 heteroatoms. The van der Waals surface area contributed by atoms with Crippen LogP contribution in [0.4, 0.5) is 18.9 Å². The number of hydrogen-bond acceptors (Lipinski definition) is 3. The molecule has 0 aromatic heterocycles. The summed E-state index contributed by atoms with van der Waals surface area (Å²) in [6.07, 6.45) is -4.49. The topological polar surface area (TPSA) is 46.6 Å². The van der Waals surface area contributed by atoms with Crippen molar-refractivity contribution in [3.05, 3.63) is 59.7 Å². The minimum Gasteiger partial charge on any atom is -0.366 e. The van der Waals surface area contributed by atoms with Crippen molar-refractivity contribution in [1.82, 2.24) is 0 Å². The van der Waals surface area contributed by atoms with Crippen molar-refractivity contribution >= 4 is 31.6 Å². The molecule has 0 bridgehead atoms. The highest BCUT2D eigenvalue weighted by Crippen LogP contribution is 2.66. The molecule has 2 heterocycles. The van der Waals surface area contributed by atoms with Crippen LogP contribution in [0.5, 0.6) is 0 Å². The van der Waals surface area contributed by atoms with Crippen molar-refractivity contribution in [1.29, 1.82) is 0 Å². The fraction of sp³-hybridized carbons (Fsp3) is 0.368. The third-order valence-electron chi connectivity index (χ3n) is 5.33. The average molecular weight is 476 g/mol. The van der Waals surface area contributed by atoms with Gasteiger partial charge in [0.2, 0.25) is 4.45 Å². The fourth-order valence-electron chi connectivity index (χ4n) is 4.07. The van der Waals surface area contributed by atoms with Crippen molar-refractivity contribution in [3.8, 4) is 0 Å². The Morgan fingerprint density at radius 3 is 2.32 bits per heavy atom. The first kappa shape index (κ1) is 19.7. The Bertz CT molecular complexity index is 1020. The Morgan fingerprint density at radius 1 is 1.11 bits per heavy atom. The summed E-state index contributed by atoms with van der Waals surface area (Å²) in [4.78, 5) is -0.212. The van der Waals surface area contributed by atoms with Gasteiger partial charge in [0, 0.05) is 12.2 Å². The monoisotopic (exact) mass is 475 g/mol. The van der Waals surface area contributed by atoms with Crippen molar-refractivity contribution < 1.29 is 26.3 Å². The van der Waals surface area contributed by atoms with Crippen LogP contribution >= 0.6 is 15.9 Å². The number of rotatable bonds is 2. The Labute approximate surface area is 169 Å². The van der Waals surface area contributed by atoms with Crippen LogP contribution in [-0.2, 0) is 20.4 Å². The Morgan fingerprint density at radius 2 is 1.75 bits per heavy atom. The second kappa shape index (κ2) is 6.21. The van der Waals surface area contributed by atoms with Crippen molar-refractivity contribution in [3.63, 3.8) is 0 Å². The SMILES string of the molecule is Cc1ccc(S(=O)(=O)N2c3ccccc3C3(CCCO3)C2(Br)C(F)(F)F)cc1. The Hall–Kier alpha value is -1.58. The van der Waals surface area contributed by atoms with Crippen molar-refractivity contribution in [2.75, 3.05) is 10.9 Å². The van der Waals surface area contributed by atoms with E-state index in [0.29, 0.717) is 10.7 Å². The van der Waals surface area contributed by atoms with Gasteiger partial charge in [0.15, 0.2) is 0 Å². The van der Waals surface area contributed by atoms with Gasteiger partial charge in [-0.2, -0.15) is 13.2 Å². The van der Waals surface area contributed by atoms with Gasteiger partial charge in [-0.05, 0) is 53.9 Å². The Balaban J connectivity index is 2.03. The number of ether oxygens (including phenoxy) is 1. The highest BCUT2D eigenvalue weighted by molar-refractivity contribution is 9.10. The molecular weight excluding hydrogens is 459 g/mol. The molecule has 2 aromatic rings. The van der Waals surface area contributed by atoms with Crippen LogP contribution in [-0.4, -0.2) is 25.6 Å². The van der Waals surface area contributed by atoms with E-state index in [2.05, 4.69) is 15.9 Å². The molecule has 2 aliphatic rings. The van der Waals surface area contributed by atoms with E-state index in [1.807, 2.05) is 0 Å². The van der Waals surface area contributed by atoms with E-state index in [9.17, 15) is 21.6 Å². The van der Waals surface area contributed by atoms with E-state index in [1.54, 1.807) is 25.1 Å². The molecule has 4 nitrogen and oxygen atoms in total. The van der Waals surface area contributed by atoms with Gasteiger partial charge in [-0.25, -0.2) is 12.7 Å². The fourth-order valence-corrected chi connectivity index (χ4v) is 7.05. The molecular formula is C19H17BrF3NO3S. The van der Waals surface area contributed by atoms with Crippen LogP contribution in [0.3, 0.4) is 0 Å². The van der Waals surface area contributed by atoms with E-state index >= 15 is 0 Å². The van der Waals surface area contributed by atoms with Gasteiger partial charge < -0.3 is 4.74 Å². The standard InChI is InChI=1S/C19H17BrF3NO3S/c1-13-7-9-14(10-8-13)28(25,26)24-16-6-3-2-5-15(16)17(11-4-12-27-17)18(24,20)19(21,22)23/h2-3,5-10H,4,11-12H2,1H3. The number of hydrogen-bond donors (Lipinski definition) is 0. The lowest BCUT2D eigenvalue weighted by Crippen LogP contribution is -2.63. The third kappa shape index (κ3) is 2.42. The van der Waals surface area contributed by atoms with Crippen LogP contribution in [0.25, 0.3) is 0 Å². The van der Waals surface area contributed by atoms with Gasteiger partial charge >= 0.3 is 6.18 Å². The summed E-state index contributed by atoms with van der Waals surface area (Å²) in [5.74, 6) is 0. The summed E-state index contributed by atoms with van der Waals surface area (Å²) in [7, 11) is -4.54. The van der Waals surface area contributed by atoms with Crippen LogP contribution in [0, 0.1) is 6.92 Å². The van der Waals surface area contributed by atoms with Crippen molar-refractivity contribution in [2.45, 2.75) is 40.9 Å². The number of fused-ring (bicyclic) bond motifs is 2. The van der Waals surface area contributed by atoms with E-state index in [4.69, 9.17) is 4.74 Å². The number of sulfonamides is 1. The first-order chi connectivity index (χ1) is 13.1. The molecule has 4 rings (SSSR count). The lowest BCUT2D eigenvalue weighted by atomic mass is 9.86. The molecule has 0 amide bonds. The van der Waals surface area contributed by atoms with Gasteiger partial charge in [-0.1, -0.05) is 35.9 Å². The summed E-state index contributed by atoms with van der Waals surface area (Å²) in [5, 5.41) is 0. The maximum Gasteiger partial charge on any atom is 0.426 e. The summed E-state index contributed by atoms with van der Waals surface area (Å²) < 4.78 is 73.7. The predicted octanol–water partition coefficient (Wildman–Crippen LogP) is 4.86. The quantitative estimate of drug-likeness (QED) is 0.460. The first-order valence-electron chi connectivity index (χ1n) is 8.67. The van der Waals surface area contributed by atoms with E-state index in [1.165, 1.54) is 30.3 Å². The van der Waals surface area contributed by atoms with Crippen LogP contribution < -0.4 is 4.31 Å². The normalized spacial score (nSPS) is 27.4. The molecule has 0 N–H and O–H groups in total. The number of para-hydroxylation sites is 1. The second-order valence-corrected chi connectivity index (χ2v) is 9.93. The van der Waals surface area contributed by atoms with Gasteiger partial charge in [-0.3, -0.25) is 0 Å². The molecule has 150 valence electrons. The zero-order valence-electron chi connectivity index (χ0n) is 14.8.